The average molecular weight is 224 g/mol. The first-order valence-corrected chi connectivity index (χ1v) is 5.33. The molecule has 0 spiro atoms. The molecule has 1 aromatic rings. The first-order valence-electron chi connectivity index (χ1n) is 4.95. The Morgan fingerprint density at radius 2 is 2.27 bits per heavy atom. The highest BCUT2D eigenvalue weighted by atomic mass is 35.5. The summed E-state index contributed by atoms with van der Waals surface area (Å²) in [5.41, 5.74) is 1.20. The second-order valence-electron chi connectivity index (χ2n) is 4.45. The van der Waals surface area contributed by atoms with Gasteiger partial charge in [0.25, 0.3) is 0 Å². The Morgan fingerprint density at radius 1 is 1.47 bits per heavy atom. The van der Waals surface area contributed by atoms with E-state index >= 15 is 0 Å². The predicted molar refractivity (Wildman–Crippen MR) is 62.2 cm³/mol. The molecule has 0 amide bonds. The minimum Gasteiger partial charge on any atom is -0.356 e. The third-order valence-corrected chi connectivity index (χ3v) is 2.56. The lowest BCUT2D eigenvalue weighted by atomic mass is 10.1. The summed E-state index contributed by atoms with van der Waals surface area (Å²) >= 11 is 5.72. The highest BCUT2D eigenvalue weighted by molar-refractivity contribution is 6.29. The molecule has 0 N–H and O–H groups in total. The molecule has 0 fully saturated rings. The van der Waals surface area contributed by atoms with E-state index in [1.807, 2.05) is 24.7 Å². The Bertz CT molecular complexity index is 370. The molecule has 1 aliphatic rings. The molecule has 1 aromatic heterocycles. The van der Waals surface area contributed by atoms with Gasteiger partial charge in [0.2, 0.25) is 0 Å². The van der Waals surface area contributed by atoms with E-state index in [0.29, 0.717) is 5.15 Å². The van der Waals surface area contributed by atoms with E-state index < -0.39 is 0 Å². The van der Waals surface area contributed by atoms with Crippen molar-refractivity contribution in [2.24, 2.45) is 4.99 Å². The van der Waals surface area contributed by atoms with Gasteiger partial charge in [0.05, 0.1) is 11.9 Å². The van der Waals surface area contributed by atoms with Crippen LogP contribution in [0.4, 0.5) is 0 Å². The maximum Gasteiger partial charge on any atom is 0.129 e. The van der Waals surface area contributed by atoms with E-state index in [4.69, 9.17) is 11.6 Å². The maximum absolute atomic E-state index is 5.72. The molecule has 2 heterocycles. The summed E-state index contributed by atoms with van der Waals surface area (Å²) in [6.45, 7) is 6.06. The second-order valence-corrected chi connectivity index (χ2v) is 4.84. The molecule has 1 aliphatic heterocycles. The van der Waals surface area contributed by atoms with Crippen LogP contribution >= 0.6 is 11.6 Å². The van der Waals surface area contributed by atoms with Crippen molar-refractivity contribution in [2.45, 2.75) is 25.9 Å². The van der Waals surface area contributed by atoms with Crippen LogP contribution in [-0.2, 0) is 6.54 Å². The Labute approximate surface area is 94.8 Å². The minimum absolute atomic E-state index is 0.0415. The van der Waals surface area contributed by atoms with Gasteiger partial charge in [-0.3, -0.25) is 4.99 Å². The van der Waals surface area contributed by atoms with Crippen molar-refractivity contribution in [3.8, 4) is 0 Å². The maximum atomic E-state index is 5.72. The molecule has 2 rings (SSSR count). The third kappa shape index (κ3) is 2.69. The van der Waals surface area contributed by atoms with Gasteiger partial charge in [-0.05, 0) is 25.5 Å². The predicted octanol–water partition coefficient (Wildman–Crippen LogP) is 2.36. The normalized spacial score (nSPS) is 18.5. The molecule has 15 heavy (non-hydrogen) atoms. The van der Waals surface area contributed by atoms with Crippen LogP contribution in [-0.4, -0.2) is 28.3 Å². The van der Waals surface area contributed by atoms with Crippen molar-refractivity contribution in [1.82, 2.24) is 9.88 Å². The van der Waals surface area contributed by atoms with E-state index in [-0.39, 0.29) is 5.54 Å². The topological polar surface area (TPSA) is 28.5 Å². The molecule has 0 saturated carbocycles. The molecule has 3 nitrogen and oxygen atoms in total. The molecule has 80 valence electrons. The minimum atomic E-state index is 0.0415. The van der Waals surface area contributed by atoms with Crippen LogP contribution < -0.4 is 0 Å². The summed E-state index contributed by atoms with van der Waals surface area (Å²) in [6.07, 6.45) is 3.72. The van der Waals surface area contributed by atoms with Gasteiger partial charge in [-0.2, -0.15) is 0 Å². The SMILES string of the molecule is CC1(C)CN(Cc2ccc(Cl)nc2)C=N1. The van der Waals surface area contributed by atoms with Crippen molar-refractivity contribution in [3.05, 3.63) is 29.0 Å². The fourth-order valence-corrected chi connectivity index (χ4v) is 1.76. The summed E-state index contributed by atoms with van der Waals surface area (Å²) in [6, 6.07) is 3.81. The van der Waals surface area contributed by atoms with Gasteiger partial charge in [0, 0.05) is 19.3 Å². The quantitative estimate of drug-likeness (QED) is 0.721. The fraction of sp³-hybridized carbons (Fsp3) is 0.455. The van der Waals surface area contributed by atoms with Crippen LogP contribution in [0.15, 0.2) is 23.3 Å². The molecule has 0 unspecified atom stereocenters. The largest absolute Gasteiger partial charge is 0.356 e. The van der Waals surface area contributed by atoms with Gasteiger partial charge in [0.15, 0.2) is 0 Å². The molecule has 0 bridgehead atoms. The van der Waals surface area contributed by atoms with Gasteiger partial charge < -0.3 is 4.90 Å². The van der Waals surface area contributed by atoms with E-state index in [1.165, 1.54) is 0 Å². The Kier molecular flexibility index (Phi) is 2.65. The summed E-state index contributed by atoms with van der Waals surface area (Å²) in [5, 5.41) is 0.536. The number of nitrogens with zero attached hydrogens (tertiary/aromatic N) is 3. The Balaban J connectivity index is 1.99. The van der Waals surface area contributed by atoms with Crippen molar-refractivity contribution in [2.75, 3.05) is 6.54 Å². The Hall–Kier alpha value is -1.09. The van der Waals surface area contributed by atoms with Gasteiger partial charge in [-0.25, -0.2) is 4.98 Å². The molecule has 0 aromatic carbocycles. The van der Waals surface area contributed by atoms with Crippen LogP contribution in [0, 0.1) is 0 Å². The van der Waals surface area contributed by atoms with Gasteiger partial charge in [0.1, 0.15) is 5.15 Å². The van der Waals surface area contributed by atoms with Gasteiger partial charge in [-0.15, -0.1) is 0 Å². The molecule has 0 atom stereocenters. The van der Waals surface area contributed by atoms with Crippen LogP contribution in [0.5, 0.6) is 0 Å². The van der Waals surface area contributed by atoms with Crippen molar-refractivity contribution in [3.63, 3.8) is 0 Å². The first kappa shape index (κ1) is 10.4. The van der Waals surface area contributed by atoms with Crippen LogP contribution in [0.3, 0.4) is 0 Å². The van der Waals surface area contributed by atoms with Crippen LogP contribution in [0.25, 0.3) is 0 Å². The zero-order valence-corrected chi connectivity index (χ0v) is 9.70. The number of hydrogen-bond acceptors (Lipinski definition) is 3. The summed E-state index contributed by atoms with van der Waals surface area (Å²) in [5.74, 6) is 0. The standard InChI is InChI=1S/C11H14ClN3/c1-11(2)7-15(8-14-11)6-9-3-4-10(12)13-5-9/h3-5,8H,6-7H2,1-2H3. The zero-order valence-electron chi connectivity index (χ0n) is 8.94. The van der Waals surface area contributed by atoms with E-state index in [2.05, 4.69) is 28.7 Å². The highest BCUT2D eigenvalue weighted by Crippen LogP contribution is 2.18. The lowest BCUT2D eigenvalue weighted by molar-refractivity contribution is 0.374. The van der Waals surface area contributed by atoms with Crippen LogP contribution in [0.2, 0.25) is 5.15 Å². The Morgan fingerprint density at radius 3 is 2.80 bits per heavy atom. The lowest BCUT2D eigenvalue weighted by Crippen LogP contribution is -2.28. The molecule has 0 saturated heterocycles. The summed E-state index contributed by atoms with van der Waals surface area (Å²) in [7, 11) is 0. The van der Waals surface area contributed by atoms with Crippen molar-refractivity contribution in [1.29, 1.82) is 0 Å². The molecule has 4 heteroatoms. The van der Waals surface area contributed by atoms with Crippen LogP contribution in [0.1, 0.15) is 19.4 Å². The first-order chi connectivity index (χ1) is 7.05. The zero-order chi connectivity index (χ0) is 10.9. The monoisotopic (exact) mass is 223 g/mol. The summed E-state index contributed by atoms with van der Waals surface area (Å²) < 4.78 is 0. The van der Waals surface area contributed by atoms with Crippen molar-refractivity contribution >= 4 is 17.9 Å². The average Bonchev–Trinajstić information content (AvgIpc) is 2.50. The number of aromatic nitrogens is 1. The lowest BCUT2D eigenvalue weighted by Gasteiger charge is -2.19. The highest BCUT2D eigenvalue weighted by Gasteiger charge is 2.24. The second kappa shape index (κ2) is 3.81. The van der Waals surface area contributed by atoms with Gasteiger partial charge in [-0.1, -0.05) is 17.7 Å². The molecular weight excluding hydrogens is 210 g/mol. The number of aliphatic imine (C=N–C) groups is 1. The number of hydrogen-bond donors (Lipinski definition) is 0. The summed E-state index contributed by atoms with van der Waals surface area (Å²) in [4.78, 5) is 10.7. The molecular formula is C11H14ClN3. The van der Waals surface area contributed by atoms with Crippen molar-refractivity contribution < 1.29 is 0 Å². The number of pyridine rings is 1. The van der Waals surface area contributed by atoms with Gasteiger partial charge >= 0.3 is 0 Å². The van der Waals surface area contributed by atoms with E-state index in [0.717, 1.165) is 18.7 Å². The smallest absolute Gasteiger partial charge is 0.129 e. The van der Waals surface area contributed by atoms with E-state index in [9.17, 15) is 0 Å². The molecule has 0 aliphatic carbocycles. The molecule has 0 radical (unpaired) electrons. The van der Waals surface area contributed by atoms with E-state index in [1.54, 1.807) is 0 Å². The number of halogens is 1. The number of rotatable bonds is 2. The fourth-order valence-electron chi connectivity index (χ4n) is 1.65. The third-order valence-electron chi connectivity index (χ3n) is 2.33.